The largest absolute Gasteiger partial charge is 0.329 e. The monoisotopic (exact) mass is 273 g/mol. The molecule has 0 bridgehead atoms. The zero-order valence-corrected chi connectivity index (χ0v) is 11.5. The number of nitrogens with two attached hydrogens (primary N) is 1. The molecule has 0 unspecified atom stereocenters. The number of anilines is 1. The lowest BCUT2D eigenvalue weighted by atomic mass is 10.1. The Kier molecular flexibility index (Phi) is 4.84. The Morgan fingerprint density at radius 2 is 2.20 bits per heavy atom. The molecule has 106 valence electrons. The average Bonchev–Trinajstić information content (AvgIpc) is 2.90. The Balaban J connectivity index is 2.10. The van der Waals surface area contributed by atoms with Gasteiger partial charge in [0.1, 0.15) is 0 Å². The number of aryl methyl sites for hydroxylation is 1. The quantitative estimate of drug-likeness (QED) is 0.834. The van der Waals surface area contributed by atoms with E-state index in [9.17, 15) is 4.79 Å². The number of nitrogens with zero attached hydrogens (tertiary/aromatic N) is 3. The predicted molar refractivity (Wildman–Crippen MR) is 77.5 cm³/mol. The fourth-order valence-corrected chi connectivity index (χ4v) is 1.96. The number of aromatic nitrogens is 3. The maximum atomic E-state index is 12.1. The van der Waals surface area contributed by atoms with Crippen LogP contribution in [0.4, 0.5) is 5.69 Å². The van der Waals surface area contributed by atoms with E-state index in [1.54, 1.807) is 10.9 Å². The molecule has 1 heterocycles. The Morgan fingerprint density at radius 1 is 1.40 bits per heavy atom. The molecular formula is C14H19N5O. The number of hydrogen-bond acceptors (Lipinski definition) is 4. The SMILES string of the molecule is CCCc1ccccc1NC(=O)c1cn(CCN)nn1. The van der Waals surface area contributed by atoms with Gasteiger partial charge in [0.15, 0.2) is 5.69 Å². The van der Waals surface area contributed by atoms with E-state index in [0.717, 1.165) is 24.1 Å². The minimum atomic E-state index is -0.253. The third kappa shape index (κ3) is 3.42. The van der Waals surface area contributed by atoms with Gasteiger partial charge in [-0.3, -0.25) is 9.48 Å². The van der Waals surface area contributed by atoms with E-state index in [1.165, 1.54) is 0 Å². The van der Waals surface area contributed by atoms with Gasteiger partial charge in [-0.1, -0.05) is 36.8 Å². The van der Waals surface area contributed by atoms with Crippen LogP contribution in [0.25, 0.3) is 0 Å². The molecule has 0 aliphatic carbocycles. The summed E-state index contributed by atoms with van der Waals surface area (Å²) >= 11 is 0. The van der Waals surface area contributed by atoms with Gasteiger partial charge in [0, 0.05) is 12.2 Å². The summed E-state index contributed by atoms with van der Waals surface area (Å²) in [4.78, 5) is 12.1. The van der Waals surface area contributed by atoms with Gasteiger partial charge in [-0.05, 0) is 18.1 Å². The molecule has 1 aromatic carbocycles. The van der Waals surface area contributed by atoms with Crippen molar-refractivity contribution in [2.24, 2.45) is 5.73 Å². The average molecular weight is 273 g/mol. The van der Waals surface area contributed by atoms with Crippen molar-refractivity contribution < 1.29 is 4.79 Å². The number of para-hydroxylation sites is 1. The van der Waals surface area contributed by atoms with E-state index in [1.807, 2.05) is 24.3 Å². The number of carbonyl (C=O) groups excluding carboxylic acids is 1. The molecule has 2 aromatic rings. The van der Waals surface area contributed by atoms with E-state index in [0.29, 0.717) is 18.8 Å². The van der Waals surface area contributed by atoms with Gasteiger partial charge < -0.3 is 11.1 Å². The molecule has 0 spiro atoms. The highest BCUT2D eigenvalue weighted by Gasteiger charge is 2.12. The molecule has 0 radical (unpaired) electrons. The number of amides is 1. The van der Waals surface area contributed by atoms with Crippen LogP contribution in [0.2, 0.25) is 0 Å². The summed E-state index contributed by atoms with van der Waals surface area (Å²) in [6.45, 7) is 3.12. The summed E-state index contributed by atoms with van der Waals surface area (Å²) in [5.74, 6) is -0.253. The summed E-state index contributed by atoms with van der Waals surface area (Å²) in [6.07, 6.45) is 3.56. The Hall–Kier alpha value is -2.21. The summed E-state index contributed by atoms with van der Waals surface area (Å²) in [6, 6.07) is 7.79. The molecule has 3 N–H and O–H groups in total. The maximum Gasteiger partial charge on any atom is 0.277 e. The van der Waals surface area contributed by atoms with Crippen molar-refractivity contribution in [3.8, 4) is 0 Å². The van der Waals surface area contributed by atoms with Crippen molar-refractivity contribution in [3.05, 3.63) is 41.7 Å². The molecule has 20 heavy (non-hydrogen) atoms. The second kappa shape index (κ2) is 6.81. The molecule has 6 heteroatoms. The molecule has 1 amide bonds. The summed E-state index contributed by atoms with van der Waals surface area (Å²) in [7, 11) is 0. The predicted octanol–water partition coefficient (Wildman–Crippen LogP) is 1.44. The molecule has 6 nitrogen and oxygen atoms in total. The zero-order valence-electron chi connectivity index (χ0n) is 11.5. The van der Waals surface area contributed by atoms with E-state index in [2.05, 4.69) is 22.6 Å². The minimum absolute atomic E-state index is 0.253. The van der Waals surface area contributed by atoms with Gasteiger partial charge in [-0.15, -0.1) is 5.10 Å². The second-order valence-electron chi connectivity index (χ2n) is 4.52. The normalized spacial score (nSPS) is 10.5. The van der Waals surface area contributed by atoms with Crippen LogP contribution in [0.3, 0.4) is 0 Å². The Bertz CT molecular complexity index is 578. The summed E-state index contributed by atoms with van der Waals surface area (Å²) < 4.78 is 1.56. The molecular weight excluding hydrogens is 254 g/mol. The third-order valence-corrected chi connectivity index (χ3v) is 2.91. The molecule has 0 atom stereocenters. The van der Waals surface area contributed by atoms with Crippen molar-refractivity contribution in [1.29, 1.82) is 0 Å². The highest BCUT2D eigenvalue weighted by atomic mass is 16.2. The van der Waals surface area contributed by atoms with Crippen LogP contribution in [0, 0.1) is 0 Å². The van der Waals surface area contributed by atoms with E-state index < -0.39 is 0 Å². The molecule has 1 aromatic heterocycles. The molecule has 0 saturated carbocycles. The number of hydrogen-bond donors (Lipinski definition) is 2. The first-order valence-corrected chi connectivity index (χ1v) is 6.74. The van der Waals surface area contributed by atoms with E-state index in [-0.39, 0.29) is 5.91 Å². The van der Waals surface area contributed by atoms with Gasteiger partial charge in [-0.25, -0.2) is 0 Å². The van der Waals surface area contributed by atoms with Gasteiger partial charge >= 0.3 is 0 Å². The van der Waals surface area contributed by atoms with Gasteiger partial charge in [0.2, 0.25) is 0 Å². The molecule has 0 aliphatic rings. The Morgan fingerprint density at radius 3 is 2.95 bits per heavy atom. The minimum Gasteiger partial charge on any atom is -0.329 e. The maximum absolute atomic E-state index is 12.1. The van der Waals surface area contributed by atoms with E-state index in [4.69, 9.17) is 5.73 Å². The lowest BCUT2D eigenvalue weighted by molar-refractivity contribution is 0.102. The van der Waals surface area contributed by atoms with Crippen LogP contribution >= 0.6 is 0 Å². The van der Waals surface area contributed by atoms with Crippen molar-refractivity contribution in [2.45, 2.75) is 26.3 Å². The van der Waals surface area contributed by atoms with Crippen molar-refractivity contribution >= 4 is 11.6 Å². The Labute approximate surface area is 118 Å². The number of carbonyl (C=O) groups is 1. The van der Waals surface area contributed by atoms with Crippen molar-refractivity contribution in [1.82, 2.24) is 15.0 Å². The lowest BCUT2D eigenvalue weighted by Gasteiger charge is -2.08. The molecule has 0 aliphatic heterocycles. The second-order valence-corrected chi connectivity index (χ2v) is 4.52. The smallest absolute Gasteiger partial charge is 0.277 e. The summed E-state index contributed by atoms with van der Waals surface area (Å²) in [5, 5.41) is 10.6. The van der Waals surface area contributed by atoms with Gasteiger partial charge in [0.05, 0.1) is 12.7 Å². The van der Waals surface area contributed by atoms with Crippen LogP contribution in [0.15, 0.2) is 30.5 Å². The van der Waals surface area contributed by atoms with Crippen molar-refractivity contribution in [3.63, 3.8) is 0 Å². The molecule has 0 fully saturated rings. The van der Waals surface area contributed by atoms with Crippen LogP contribution in [-0.4, -0.2) is 27.4 Å². The fourth-order valence-electron chi connectivity index (χ4n) is 1.96. The van der Waals surface area contributed by atoms with E-state index >= 15 is 0 Å². The first-order chi connectivity index (χ1) is 9.74. The first-order valence-electron chi connectivity index (χ1n) is 6.74. The first kappa shape index (κ1) is 14.2. The topological polar surface area (TPSA) is 85.8 Å². The summed E-state index contributed by atoms with van der Waals surface area (Å²) in [5.41, 5.74) is 7.68. The molecule has 2 rings (SSSR count). The third-order valence-electron chi connectivity index (χ3n) is 2.91. The van der Waals surface area contributed by atoms with Crippen molar-refractivity contribution in [2.75, 3.05) is 11.9 Å². The van der Waals surface area contributed by atoms with Crippen LogP contribution in [-0.2, 0) is 13.0 Å². The highest BCUT2D eigenvalue weighted by Crippen LogP contribution is 2.17. The number of nitrogens with one attached hydrogen (secondary N) is 1. The molecule has 0 saturated heterocycles. The lowest BCUT2D eigenvalue weighted by Crippen LogP contribution is -2.14. The van der Waals surface area contributed by atoms with Crippen LogP contribution in [0.5, 0.6) is 0 Å². The van der Waals surface area contributed by atoms with Gasteiger partial charge in [-0.2, -0.15) is 0 Å². The number of benzene rings is 1. The van der Waals surface area contributed by atoms with Crippen LogP contribution in [0.1, 0.15) is 29.4 Å². The zero-order chi connectivity index (χ0) is 14.4. The number of rotatable bonds is 6. The van der Waals surface area contributed by atoms with Gasteiger partial charge in [0.25, 0.3) is 5.91 Å². The highest BCUT2D eigenvalue weighted by molar-refractivity contribution is 6.03. The fraction of sp³-hybridized carbons (Fsp3) is 0.357. The van der Waals surface area contributed by atoms with Crippen LogP contribution < -0.4 is 11.1 Å². The standard InChI is InChI=1S/C14H19N5O/c1-2-5-11-6-3-4-7-12(11)16-14(20)13-10-19(9-8-15)18-17-13/h3-4,6-7,10H,2,5,8-9,15H2,1H3,(H,16,20).